The summed E-state index contributed by atoms with van der Waals surface area (Å²) in [6.45, 7) is 0. The predicted octanol–water partition coefficient (Wildman–Crippen LogP) is 1.20. The topological polar surface area (TPSA) is 95.5 Å². The van der Waals surface area contributed by atoms with E-state index in [1.165, 1.54) is 12.1 Å². The molecule has 1 saturated heterocycles. The second-order valence-corrected chi connectivity index (χ2v) is 4.37. The summed E-state index contributed by atoms with van der Waals surface area (Å²) in [5.74, 6) is -1.27. The van der Waals surface area contributed by atoms with Crippen LogP contribution in [0.15, 0.2) is 35.2 Å². The average Bonchev–Trinajstić information content (AvgIpc) is 2.61. The third kappa shape index (κ3) is 2.69. The van der Waals surface area contributed by atoms with Gasteiger partial charge in [0, 0.05) is 6.08 Å². The molecule has 3 amide bonds. The van der Waals surface area contributed by atoms with Crippen molar-refractivity contribution in [1.82, 2.24) is 5.32 Å². The monoisotopic (exact) mass is 264 g/mol. The van der Waals surface area contributed by atoms with Gasteiger partial charge in [-0.2, -0.15) is 0 Å². The summed E-state index contributed by atoms with van der Waals surface area (Å²) >= 11 is 0.655. The molecule has 0 spiro atoms. The van der Waals surface area contributed by atoms with Crippen molar-refractivity contribution < 1.29 is 19.5 Å². The van der Waals surface area contributed by atoms with Crippen LogP contribution >= 0.6 is 11.8 Å². The zero-order chi connectivity index (χ0) is 13.1. The number of phenols is 1. The largest absolute Gasteiger partial charge is 0.506 e. The Morgan fingerprint density at radius 3 is 2.67 bits per heavy atom. The van der Waals surface area contributed by atoms with Crippen LogP contribution in [0.5, 0.6) is 5.75 Å². The van der Waals surface area contributed by atoms with E-state index in [1.807, 2.05) is 5.32 Å². The number of rotatable bonds is 2. The van der Waals surface area contributed by atoms with E-state index in [1.54, 1.807) is 12.1 Å². The highest BCUT2D eigenvalue weighted by molar-refractivity contribution is 8.18. The van der Waals surface area contributed by atoms with Crippen LogP contribution in [0, 0.1) is 0 Å². The van der Waals surface area contributed by atoms with E-state index in [4.69, 9.17) is 0 Å². The first-order chi connectivity index (χ1) is 8.56. The standard InChI is InChI=1S/C11H8N2O4S/c14-7-4-2-1-3-6(7)12-9(15)5-8-10(16)13-11(17)18-8/h1-5,14H,(H,12,15)(H,13,16,17)/b8-5-. The minimum absolute atomic E-state index is 0.0212. The van der Waals surface area contributed by atoms with Gasteiger partial charge in [-0.05, 0) is 23.9 Å². The van der Waals surface area contributed by atoms with Gasteiger partial charge in [0.1, 0.15) is 5.75 Å². The lowest BCUT2D eigenvalue weighted by Gasteiger charge is -2.04. The molecule has 0 aromatic heterocycles. The fraction of sp³-hybridized carbons (Fsp3) is 0. The molecule has 0 saturated carbocycles. The van der Waals surface area contributed by atoms with Gasteiger partial charge in [-0.15, -0.1) is 0 Å². The summed E-state index contributed by atoms with van der Waals surface area (Å²) in [6, 6.07) is 6.19. The molecule has 1 aromatic carbocycles. The lowest BCUT2D eigenvalue weighted by atomic mass is 10.3. The smallest absolute Gasteiger partial charge is 0.290 e. The highest BCUT2D eigenvalue weighted by Crippen LogP contribution is 2.24. The number of amides is 3. The first kappa shape index (κ1) is 12.2. The molecule has 3 N–H and O–H groups in total. The Kier molecular flexibility index (Phi) is 3.33. The molecule has 18 heavy (non-hydrogen) atoms. The van der Waals surface area contributed by atoms with E-state index in [0.717, 1.165) is 6.08 Å². The summed E-state index contributed by atoms with van der Waals surface area (Å²) in [5, 5.41) is 13.4. The number of carbonyl (C=O) groups is 3. The van der Waals surface area contributed by atoms with Crippen molar-refractivity contribution in [3.05, 3.63) is 35.2 Å². The Labute approximate surface area is 106 Å². The van der Waals surface area contributed by atoms with E-state index in [-0.39, 0.29) is 16.3 Å². The number of hydrogen-bond donors (Lipinski definition) is 3. The summed E-state index contributed by atoms with van der Waals surface area (Å²) in [4.78, 5) is 33.7. The lowest BCUT2D eigenvalue weighted by Crippen LogP contribution is -2.18. The van der Waals surface area contributed by atoms with Gasteiger partial charge in [-0.3, -0.25) is 19.7 Å². The summed E-state index contributed by atoms with van der Waals surface area (Å²) in [7, 11) is 0. The van der Waals surface area contributed by atoms with Crippen LogP contribution in [0.3, 0.4) is 0 Å². The first-order valence-corrected chi connectivity index (χ1v) is 5.72. The third-order valence-electron chi connectivity index (χ3n) is 2.07. The van der Waals surface area contributed by atoms with Crippen molar-refractivity contribution in [2.45, 2.75) is 0 Å². The van der Waals surface area contributed by atoms with E-state index < -0.39 is 17.1 Å². The number of aromatic hydroxyl groups is 1. The molecule has 0 radical (unpaired) electrons. The zero-order valence-electron chi connectivity index (χ0n) is 8.97. The van der Waals surface area contributed by atoms with Crippen LogP contribution in [0.25, 0.3) is 0 Å². The van der Waals surface area contributed by atoms with Crippen LogP contribution in [0.1, 0.15) is 0 Å². The summed E-state index contributed by atoms with van der Waals surface area (Å²) < 4.78 is 0. The normalized spacial score (nSPS) is 16.8. The number of para-hydroxylation sites is 2. The van der Waals surface area contributed by atoms with E-state index >= 15 is 0 Å². The summed E-state index contributed by atoms with van der Waals surface area (Å²) in [5.41, 5.74) is 0.231. The van der Waals surface area contributed by atoms with Gasteiger partial charge in [0.15, 0.2) is 0 Å². The molecular weight excluding hydrogens is 256 g/mol. The second-order valence-electron chi connectivity index (χ2n) is 3.36. The second kappa shape index (κ2) is 4.92. The van der Waals surface area contributed by atoms with Crippen LogP contribution in [0.4, 0.5) is 10.5 Å². The van der Waals surface area contributed by atoms with Crippen molar-refractivity contribution in [2.75, 3.05) is 5.32 Å². The third-order valence-corrected chi connectivity index (χ3v) is 2.88. The van der Waals surface area contributed by atoms with E-state index in [9.17, 15) is 19.5 Å². The van der Waals surface area contributed by atoms with Crippen molar-refractivity contribution in [2.24, 2.45) is 0 Å². The Morgan fingerprint density at radius 1 is 1.33 bits per heavy atom. The van der Waals surface area contributed by atoms with E-state index in [2.05, 4.69) is 5.32 Å². The molecular formula is C11H8N2O4S. The molecule has 1 fully saturated rings. The van der Waals surface area contributed by atoms with Crippen molar-refractivity contribution >= 4 is 34.5 Å². The maximum absolute atomic E-state index is 11.6. The Morgan fingerprint density at radius 2 is 2.06 bits per heavy atom. The highest BCUT2D eigenvalue weighted by atomic mass is 32.2. The van der Waals surface area contributed by atoms with Crippen LogP contribution < -0.4 is 10.6 Å². The van der Waals surface area contributed by atoms with Crippen LogP contribution in [-0.4, -0.2) is 22.2 Å². The Balaban J connectivity index is 2.10. The number of anilines is 1. The van der Waals surface area contributed by atoms with Crippen molar-refractivity contribution in [1.29, 1.82) is 0 Å². The predicted molar refractivity (Wildman–Crippen MR) is 65.9 cm³/mol. The average molecular weight is 264 g/mol. The molecule has 1 aliphatic heterocycles. The van der Waals surface area contributed by atoms with Crippen LogP contribution in [0.2, 0.25) is 0 Å². The van der Waals surface area contributed by atoms with Gasteiger partial charge in [0.05, 0.1) is 10.6 Å². The maximum atomic E-state index is 11.6. The fourth-order valence-corrected chi connectivity index (χ4v) is 1.94. The first-order valence-electron chi connectivity index (χ1n) is 4.90. The number of phenolic OH excluding ortho intramolecular Hbond substituents is 1. The minimum atomic E-state index is -0.600. The Hall–Kier alpha value is -2.28. The molecule has 0 aliphatic carbocycles. The number of hydrogen-bond acceptors (Lipinski definition) is 5. The molecule has 1 aromatic rings. The zero-order valence-corrected chi connectivity index (χ0v) is 9.78. The van der Waals surface area contributed by atoms with Crippen molar-refractivity contribution in [3.63, 3.8) is 0 Å². The molecule has 6 nitrogen and oxygen atoms in total. The van der Waals surface area contributed by atoms with Gasteiger partial charge in [-0.1, -0.05) is 12.1 Å². The van der Waals surface area contributed by atoms with Crippen LogP contribution in [-0.2, 0) is 9.59 Å². The quantitative estimate of drug-likeness (QED) is 0.551. The minimum Gasteiger partial charge on any atom is -0.506 e. The SMILES string of the molecule is O=C(/C=C1\SC(=O)NC1=O)Nc1ccccc1O. The molecule has 2 rings (SSSR count). The van der Waals surface area contributed by atoms with Gasteiger partial charge >= 0.3 is 0 Å². The van der Waals surface area contributed by atoms with Gasteiger partial charge in [0.25, 0.3) is 11.1 Å². The number of imide groups is 1. The van der Waals surface area contributed by atoms with Crippen molar-refractivity contribution in [3.8, 4) is 5.75 Å². The molecule has 7 heteroatoms. The highest BCUT2D eigenvalue weighted by Gasteiger charge is 2.25. The molecule has 0 bridgehead atoms. The molecule has 92 valence electrons. The fourth-order valence-electron chi connectivity index (χ4n) is 1.29. The Bertz CT molecular complexity index is 568. The van der Waals surface area contributed by atoms with Gasteiger partial charge in [0.2, 0.25) is 5.91 Å². The summed E-state index contributed by atoms with van der Waals surface area (Å²) in [6.07, 6.45) is 1.01. The van der Waals surface area contributed by atoms with Gasteiger partial charge < -0.3 is 10.4 Å². The molecule has 0 unspecified atom stereocenters. The molecule has 0 atom stereocenters. The number of carbonyl (C=O) groups excluding carboxylic acids is 3. The van der Waals surface area contributed by atoms with Gasteiger partial charge in [-0.25, -0.2) is 0 Å². The maximum Gasteiger partial charge on any atom is 0.290 e. The molecule has 1 heterocycles. The lowest BCUT2D eigenvalue weighted by molar-refractivity contribution is -0.116. The number of nitrogens with one attached hydrogen (secondary N) is 2. The number of benzene rings is 1. The number of thioether (sulfide) groups is 1. The molecule has 1 aliphatic rings. The van der Waals surface area contributed by atoms with E-state index in [0.29, 0.717) is 11.8 Å².